The summed E-state index contributed by atoms with van der Waals surface area (Å²) in [5.41, 5.74) is 4.23. The van der Waals surface area contributed by atoms with Gasteiger partial charge in [-0.15, -0.1) is 40.5 Å². The minimum absolute atomic E-state index is 0. The van der Waals surface area contributed by atoms with E-state index >= 15 is 0 Å². The summed E-state index contributed by atoms with van der Waals surface area (Å²) in [6, 6.07) is 20.4. The number of nitrogens with zero attached hydrogens (tertiary/aromatic N) is 3. The Hall–Kier alpha value is -3.25. The molecule has 1 radical (unpaired) electrons. The number of aromatic nitrogens is 3. The fourth-order valence-corrected chi connectivity index (χ4v) is 6.11. The van der Waals surface area contributed by atoms with Crippen LogP contribution < -0.4 is 0 Å². The Balaban J connectivity index is 0.000000290. The maximum absolute atomic E-state index is 12.2. The summed E-state index contributed by atoms with van der Waals surface area (Å²) in [5, 5.41) is 15.7. The molecule has 0 unspecified atom stereocenters. The molecule has 0 bridgehead atoms. The number of ketones is 1. The van der Waals surface area contributed by atoms with Gasteiger partial charge < -0.3 is 5.11 Å². The molecular formula is C40H48IrN3O2S-. The van der Waals surface area contributed by atoms with E-state index < -0.39 is 0 Å². The van der Waals surface area contributed by atoms with E-state index in [1.54, 1.807) is 17.7 Å². The van der Waals surface area contributed by atoms with Crippen LogP contribution in [0.1, 0.15) is 93.6 Å². The van der Waals surface area contributed by atoms with Gasteiger partial charge in [-0.25, -0.2) is 4.98 Å². The van der Waals surface area contributed by atoms with Crippen molar-refractivity contribution in [3.63, 3.8) is 0 Å². The van der Waals surface area contributed by atoms with Crippen LogP contribution >= 0.6 is 11.3 Å². The fourth-order valence-electron chi connectivity index (χ4n) is 5.31. The van der Waals surface area contributed by atoms with E-state index in [0.717, 1.165) is 59.1 Å². The zero-order valence-electron chi connectivity index (χ0n) is 29.2. The first-order chi connectivity index (χ1) is 21.8. The van der Waals surface area contributed by atoms with Crippen molar-refractivity contribution in [2.45, 2.75) is 93.4 Å². The second kappa shape index (κ2) is 15.8. The van der Waals surface area contributed by atoms with Crippen molar-refractivity contribution < 1.29 is 30.0 Å². The molecule has 0 spiro atoms. The van der Waals surface area contributed by atoms with E-state index in [2.05, 4.69) is 89.6 Å². The van der Waals surface area contributed by atoms with Crippen molar-refractivity contribution in [1.29, 1.82) is 0 Å². The molecule has 0 amide bonds. The van der Waals surface area contributed by atoms with Crippen LogP contribution in [-0.4, -0.2) is 25.8 Å². The quantitative estimate of drug-likeness (QED) is 0.0910. The number of fused-ring (bicyclic) bond motifs is 2. The Bertz CT molecular complexity index is 1850. The molecule has 0 aliphatic rings. The van der Waals surface area contributed by atoms with Gasteiger partial charge in [0, 0.05) is 59.0 Å². The average Bonchev–Trinajstić information content (AvgIpc) is 3.55. The summed E-state index contributed by atoms with van der Waals surface area (Å²) in [5.74, 6) is 0.286. The number of hydrogen-bond acceptors (Lipinski definition) is 6. The first kappa shape index (κ1) is 38.2. The van der Waals surface area contributed by atoms with Gasteiger partial charge in [0.2, 0.25) is 0 Å². The zero-order chi connectivity index (χ0) is 33.7. The number of carbonyl (C=O) groups excluding carboxylic acids is 1. The topological polar surface area (TPSA) is 76.0 Å². The van der Waals surface area contributed by atoms with E-state index in [-0.39, 0.29) is 47.9 Å². The largest absolute Gasteiger partial charge is 0.512 e. The number of allylic oxidation sites excluding steroid dienone is 2. The van der Waals surface area contributed by atoms with E-state index in [1.807, 2.05) is 53.8 Å². The Kier molecular flexibility index (Phi) is 12.8. The van der Waals surface area contributed by atoms with Crippen molar-refractivity contribution >= 4 is 38.0 Å². The first-order valence-corrected chi connectivity index (χ1v) is 17.2. The molecule has 5 rings (SSSR count). The summed E-state index contributed by atoms with van der Waals surface area (Å²) in [4.78, 5) is 25.8. The molecule has 5 aromatic rings. The van der Waals surface area contributed by atoms with Crippen LogP contribution in [0.4, 0.5) is 0 Å². The molecule has 1 N–H and O–H groups in total. The summed E-state index contributed by atoms with van der Waals surface area (Å²) in [7, 11) is 0. The molecule has 47 heavy (non-hydrogen) atoms. The second-order valence-corrected chi connectivity index (χ2v) is 14.6. The number of benzene rings is 2. The van der Waals surface area contributed by atoms with Crippen LogP contribution in [0.2, 0.25) is 0 Å². The molecule has 0 saturated heterocycles. The van der Waals surface area contributed by atoms with Crippen LogP contribution in [-0.2, 0) is 30.3 Å². The maximum Gasteiger partial charge on any atom is 0.164 e. The zero-order valence-corrected chi connectivity index (χ0v) is 32.4. The Morgan fingerprint density at radius 3 is 2.09 bits per heavy atom. The average molecular weight is 827 g/mol. The fraction of sp³-hybridized carbons (Fsp3) is 0.400. The maximum atomic E-state index is 12.2. The van der Waals surface area contributed by atoms with Crippen molar-refractivity contribution in [2.75, 3.05) is 0 Å². The van der Waals surface area contributed by atoms with Gasteiger partial charge in [0.05, 0.1) is 11.4 Å². The predicted octanol–water partition coefficient (Wildman–Crippen LogP) is 11.3. The van der Waals surface area contributed by atoms with Gasteiger partial charge in [-0.05, 0) is 54.7 Å². The first-order valence-electron chi connectivity index (χ1n) is 16.4. The van der Waals surface area contributed by atoms with Crippen LogP contribution in [0.25, 0.3) is 43.5 Å². The third-order valence-electron chi connectivity index (χ3n) is 9.73. The van der Waals surface area contributed by atoms with Gasteiger partial charge in [0.25, 0.3) is 0 Å². The minimum atomic E-state index is -0.337. The van der Waals surface area contributed by atoms with Gasteiger partial charge in [0.1, 0.15) is 12.1 Å². The summed E-state index contributed by atoms with van der Waals surface area (Å²) in [6.45, 7) is 18.8. The molecular weight excluding hydrogens is 779 g/mol. The number of pyridine rings is 1. The minimum Gasteiger partial charge on any atom is -0.512 e. The predicted molar refractivity (Wildman–Crippen MR) is 194 cm³/mol. The number of rotatable bonds is 9. The van der Waals surface area contributed by atoms with Crippen molar-refractivity contribution in [2.24, 2.45) is 10.8 Å². The molecule has 7 heteroatoms. The van der Waals surface area contributed by atoms with Crippen molar-refractivity contribution in [1.82, 2.24) is 15.0 Å². The molecule has 3 heterocycles. The van der Waals surface area contributed by atoms with Gasteiger partial charge in [-0.2, -0.15) is 0 Å². The van der Waals surface area contributed by atoms with E-state index in [9.17, 15) is 9.90 Å². The number of thiophene rings is 1. The summed E-state index contributed by atoms with van der Waals surface area (Å²) in [6.07, 6.45) is 8.28. The number of carbonyl (C=O) groups is 1. The van der Waals surface area contributed by atoms with Crippen molar-refractivity contribution in [3.8, 4) is 22.6 Å². The molecule has 0 atom stereocenters. The third-order valence-corrected chi connectivity index (χ3v) is 10.6. The van der Waals surface area contributed by atoms with E-state index in [0.29, 0.717) is 0 Å². The van der Waals surface area contributed by atoms with Crippen LogP contribution in [0.15, 0.2) is 78.3 Å². The number of hydrogen-bond donors (Lipinski definition) is 1. The molecule has 5 nitrogen and oxygen atoms in total. The Morgan fingerprint density at radius 2 is 1.45 bits per heavy atom. The summed E-state index contributed by atoms with van der Waals surface area (Å²) < 4.78 is 1.21. The van der Waals surface area contributed by atoms with Crippen LogP contribution in [0.5, 0.6) is 0 Å². The normalized spacial score (nSPS) is 12.4. The second-order valence-electron chi connectivity index (χ2n) is 13.6. The van der Waals surface area contributed by atoms with Gasteiger partial charge in [-0.3, -0.25) is 14.8 Å². The molecule has 3 aromatic heterocycles. The molecule has 0 saturated carbocycles. The van der Waals surface area contributed by atoms with E-state index in [4.69, 9.17) is 0 Å². The van der Waals surface area contributed by atoms with Gasteiger partial charge in [-0.1, -0.05) is 91.5 Å². The molecule has 0 aliphatic heterocycles. The van der Waals surface area contributed by atoms with Crippen molar-refractivity contribution in [3.05, 3.63) is 89.9 Å². The smallest absolute Gasteiger partial charge is 0.164 e. The van der Waals surface area contributed by atoms with E-state index in [1.165, 1.54) is 21.7 Å². The molecule has 2 aromatic carbocycles. The monoisotopic (exact) mass is 827 g/mol. The standard InChI is InChI=1S/C25H20N3S.C15H28O2.Ir/c1-25(2,3)20-11-18(10-16-6-4-5-7-19(16)20)21-12-22(28-15-27-21)23-13-24-17(14-26-23)8-9-29-24;1-7-14(5,8-2)12(16)11-13(17)15(6,9-3)10-4;/h4-9,11-15H,1-3H3;11,16H,7-10H2,1-6H3;/q-1;;/b;12-11-;. The number of aliphatic hydroxyl groups excluding tert-OH is 1. The third kappa shape index (κ3) is 8.62. The van der Waals surface area contributed by atoms with Crippen LogP contribution in [0.3, 0.4) is 0 Å². The molecule has 251 valence electrons. The number of aliphatic hydroxyl groups is 1. The Labute approximate surface area is 298 Å². The molecule has 0 fully saturated rings. The van der Waals surface area contributed by atoms with Crippen LogP contribution in [0, 0.1) is 16.9 Å². The summed E-state index contributed by atoms with van der Waals surface area (Å²) >= 11 is 1.71. The SMILES string of the molecule is CC(C)(C)c1cc(-c2cc(-c3cc4sccc4cn3)ncn2)[c-]c2ccccc12.CCC(C)(CC)C(=O)/C=C(\O)C(C)(CC)CC.[Ir]. The van der Waals surface area contributed by atoms with Gasteiger partial charge >= 0.3 is 0 Å². The Morgan fingerprint density at radius 1 is 0.830 bits per heavy atom. The van der Waals surface area contributed by atoms with Gasteiger partial charge in [0.15, 0.2) is 5.78 Å². The molecule has 0 aliphatic carbocycles.